The maximum absolute atomic E-state index is 10.0. The van der Waals surface area contributed by atoms with E-state index in [4.69, 9.17) is 11.6 Å². The van der Waals surface area contributed by atoms with Gasteiger partial charge in [-0.05, 0) is 43.0 Å². The molecule has 41 heavy (non-hydrogen) atoms. The number of nitrogens with one attached hydrogen (secondary N) is 4. The number of nitrogens with zero attached hydrogens (tertiary/aromatic N) is 4. The number of rotatable bonds is 9. The molecule has 0 saturated heterocycles. The summed E-state index contributed by atoms with van der Waals surface area (Å²) in [6, 6.07) is 21.0. The maximum atomic E-state index is 10.0. The van der Waals surface area contributed by atoms with Crippen LogP contribution in [0.4, 0.5) is 11.4 Å². The van der Waals surface area contributed by atoms with Crippen LogP contribution in [0, 0.1) is 22.7 Å². The van der Waals surface area contributed by atoms with Crippen LogP contribution >= 0.6 is 22.9 Å². The summed E-state index contributed by atoms with van der Waals surface area (Å²) in [5.41, 5.74) is 11.1. The Morgan fingerprint density at radius 1 is 1.22 bits per heavy atom. The molecule has 0 spiro atoms. The number of fused-ring (bicyclic) bond motifs is 1. The minimum atomic E-state index is -0.711. The fraction of sp³-hybridized carbons (Fsp3) is 0.233. The lowest BCUT2D eigenvalue weighted by Gasteiger charge is -2.32. The van der Waals surface area contributed by atoms with Gasteiger partial charge in [0.2, 0.25) is 0 Å². The molecule has 4 aromatic rings. The van der Waals surface area contributed by atoms with Crippen molar-refractivity contribution in [2.45, 2.75) is 43.7 Å². The Morgan fingerprint density at radius 3 is 2.71 bits per heavy atom. The molecular formula is C30H28BClN8S. The molecular weight excluding hydrogens is 551 g/mol. The minimum Gasteiger partial charge on any atom is -0.377 e. The third-order valence-electron chi connectivity index (χ3n) is 7.66. The fourth-order valence-corrected chi connectivity index (χ4v) is 6.43. The van der Waals surface area contributed by atoms with Crippen LogP contribution in [0.15, 0.2) is 72.0 Å². The Hall–Kier alpha value is -4.22. The first-order chi connectivity index (χ1) is 19.9. The Balaban J connectivity index is 1.44. The van der Waals surface area contributed by atoms with Crippen molar-refractivity contribution in [3.05, 3.63) is 98.6 Å². The van der Waals surface area contributed by atoms with E-state index in [-0.39, 0.29) is 6.04 Å². The SMILES string of the molecule is B[C@@](Nc1cc(Cl)c2ncc(C#N)c(N[C@H](CC)c3ccccc3)c2c1)(C1=CN(C2CC2)NN1)c1cc(C#N)cs1. The van der Waals surface area contributed by atoms with Gasteiger partial charge in [-0.1, -0.05) is 48.9 Å². The minimum absolute atomic E-state index is 0.00240. The molecule has 0 amide bonds. The van der Waals surface area contributed by atoms with Crippen molar-refractivity contribution in [3.8, 4) is 12.1 Å². The van der Waals surface area contributed by atoms with E-state index in [0.717, 1.165) is 46.5 Å². The van der Waals surface area contributed by atoms with Gasteiger partial charge in [0.1, 0.15) is 20.0 Å². The smallest absolute Gasteiger partial charge is 0.149 e. The zero-order valence-corrected chi connectivity index (χ0v) is 24.3. The van der Waals surface area contributed by atoms with Crippen LogP contribution in [0.1, 0.15) is 53.8 Å². The first kappa shape index (κ1) is 27.0. The third kappa shape index (κ3) is 5.18. The van der Waals surface area contributed by atoms with Crippen molar-refractivity contribution in [1.29, 1.82) is 10.5 Å². The zero-order valence-electron chi connectivity index (χ0n) is 22.7. The highest BCUT2D eigenvalue weighted by Crippen LogP contribution is 2.40. The maximum Gasteiger partial charge on any atom is 0.149 e. The molecule has 204 valence electrons. The van der Waals surface area contributed by atoms with Crippen molar-refractivity contribution in [3.63, 3.8) is 0 Å². The fourth-order valence-electron chi connectivity index (χ4n) is 5.19. The Morgan fingerprint density at radius 2 is 2.02 bits per heavy atom. The third-order valence-corrected chi connectivity index (χ3v) is 9.10. The summed E-state index contributed by atoms with van der Waals surface area (Å²) in [6.45, 7) is 2.11. The highest BCUT2D eigenvalue weighted by Gasteiger charge is 2.39. The van der Waals surface area contributed by atoms with Crippen molar-refractivity contribution in [2.24, 2.45) is 0 Å². The van der Waals surface area contributed by atoms with Crippen molar-refractivity contribution in [2.75, 3.05) is 10.6 Å². The van der Waals surface area contributed by atoms with E-state index in [2.05, 4.69) is 76.8 Å². The van der Waals surface area contributed by atoms with Crippen LogP contribution in [0.3, 0.4) is 0 Å². The number of hydrazine groups is 2. The lowest BCUT2D eigenvalue weighted by molar-refractivity contribution is 0.260. The van der Waals surface area contributed by atoms with Gasteiger partial charge in [-0.3, -0.25) is 9.99 Å². The first-order valence-electron chi connectivity index (χ1n) is 13.6. The molecule has 0 unspecified atom stereocenters. The summed E-state index contributed by atoms with van der Waals surface area (Å²) >= 11 is 8.37. The number of pyridine rings is 1. The van der Waals surface area contributed by atoms with E-state index in [0.29, 0.717) is 33.4 Å². The topological polar surface area (TPSA) is 112 Å². The number of aromatic nitrogens is 1. The van der Waals surface area contributed by atoms with Crippen LogP contribution < -0.4 is 21.6 Å². The summed E-state index contributed by atoms with van der Waals surface area (Å²) in [7, 11) is 2.08. The van der Waals surface area contributed by atoms with Gasteiger partial charge in [-0.25, -0.2) is 0 Å². The Kier molecular flexibility index (Phi) is 7.23. The number of halogens is 1. The lowest BCUT2D eigenvalue weighted by Crippen LogP contribution is -2.45. The van der Waals surface area contributed by atoms with E-state index < -0.39 is 5.44 Å². The molecule has 8 nitrogen and oxygen atoms in total. The van der Waals surface area contributed by atoms with Gasteiger partial charge in [0.15, 0.2) is 0 Å². The molecule has 2 aromatic heterocycles. The van der Waals surface area contributed by atoms with Crippen LogP contribution in [0.2, 0.25) is 5.02 Å². The molecule has 1 fully saturated rings. The summed E-state index contributed by atoms with van der Waals surface area (Å²) in [5.74, 6) is 0. The number of benzene rings is 2. The number of thiophene rings is 1. The van der Waals surface area contributed by atoms with Gasteiger partial charge in [-0.2, -0.15) is 10.5 Å². The zero-order chi connectivity index (χ0) is 28.6. The monoisotopic (exact) mass is 578 g/mol. The molecule has 6 rings (SSSR count). The molecule has 0 radical (unpaired) electrons. The quantitative estimate of drug-likeness (QED) is 0.193. The highest BCUT2D eigenvalue weighted by atomic mass is 35.5. The number of anilines is 2. The molecule has 3 heterocycles. The number of hydrogen-bond acceptors (Lipinski definition) is 9. The normalized spacial score (nSPS) is 16.7. The summed E-state index contributed by atoms with van der Waals surface area (Å²) < 4.78 is 0. The van der Waals surface area contributed by atoms with Gasteiger partial charge in [-0.15, -0.1) is 16.9 Å². The number of hydrogen-bond donors (Lipinski definition) is 4. The largest absolute Gasteiger partial charge is 0.377 e. The summed E-state index contributed by atoms with van der Waals surface area (Å²) in [5, 5.41) is 32.1. The molecule has 1 aliphatic heterocycles. The summed E-state index contributed by atoms with van der Waals surface area (Å²) in [4.78, 5) is 5.52. The van der Waals surface area contributed by atoms with E-state index >= 15 is 0 Å². The Bertz CT molecular complexity index is 1720. The van der Waals surface area contributed by atoms with Crippen LogP contribution in [-0.2, 0) is 5.44 Å². The van der Waals surface area contributed by atoms with E-state index in [1.807, 2.05) is 41.8 Å². The second-order valence-electron chi connectivity index (χ2n) is 10.5. The molecule has 2 aromatic carbocycles. The molecule has 11 heteroatoms. The van der Waals surface area contributed by atoms with Crippen molar-refractivity contribution in [1.82, 2.24) is 21.0 Å². The van der Waals surface area contributed by atoms with Gasteiger partial charge < -0.3 is 16.1 Å². The van der Waals surface area contributed by atoms with Gasteiger partial charge in [0.05, 0.1) is 44.5 Å². The van der Waals surface area contributed by atoms with E-state index in [9.17, 15) is 10.5 Å². The molecule has 1 aliphatic carbocycles. The average Bonchev–Trinajstić information content (AvgIpc) is 3.50. The predicted molar refractivity (Wildman–Crippen MR) is 167 cm³/mol. The second-order valence-corrected chi connectivity index (χ2v) is 11.8. The van der Waals surface area contributed by atoms with Crippen LogP contribution in [-0.4, -0.2) is 23.9 Å². The average molecular weight is 579 g/mol. The molecule has 4 N–H and O–H groups in total. The summed E-state index contributed by atoms with van der Waals surface area (Å²) in [6.07, 6.45) is 6.78. The van der Waals surface area contributed by atoms with E-state index in [1.165, 1.54) is 11.3 Å². The van der Waals surface area contributed by atoms with Crippen LogP contribution in [0.5, 0.6) is 0 Å². The molecule has 0 bridgehead atoms. The van der Waals surface area contributed by atoms with Gasteiger partial charge in [0.25, 0.3) is 0 Å². The lowest BCUT2D eigenvalue weighted by atomic mass is 9.73. The van der Waals surface area contributed by atoms with Gasteiger partial charge >= 0.3 is 0 Å². The van der Waals surface area contributed by atoms with E-state index in [1.54, 1.807) is 6.20 Å². The second kappa shape index (κ2) is 11.0. The van der Waals surface area contributed by atoms with Crippen LogP contribution in [0.25, 0.3) is 10.9 Å². The molecule has 2 aliphatic rings. The molecule has 1 saturated carbocycles. The van der Waals surface area contributed by atoms with Crippen molar-refractivity contribution < 1.29 is 0 Å². The molecule has 2 atom stereocenters. The Labute approximate surface area is 249 Å². The highest BCUT2D eigenvalue weighted by molar-refractivity contribution is 7.10. The number of nitriles is 2. The first-order valence-corrected chi connectivity index (χ1v) is 14.8. The van der Waals surface area contributed by atoms with Crippen molar-refractivity contribution >= 4 is 53.1 Å². The predicted octanol–water partition coefficient (Wildman–Crippen LogP) is 5.48. The van der Waals surface area contributed by atoms with Gasteiger partial charge in [0, 0.05) is 39.8 Å². The standard InChI is InChI=1S/C30H28BClN8S/c1-2-25(19-6-4-3-5-7-19)36-28-20(14-34)15-35-29-23(28)11-21(12-24(29)32)37-30(31,27-10-18(13-33)17-41-27)26-16-40(39-38-26)22-8-9-22/h3-7,10-12,15-17,22,25,37-39H,2,8-9,31H2,1H3,(H,35,36)/t25-,30-/m1/s1.